The topological polar surface area (TPSA) is 57.0 Å². The molecule has 1 aliphatic rings. The maximum Gasteiger partial charge on any atom is 0.276 e. The van der Waals surface area contributed by atoms with Gasteiger partial charge < -0.3 is 4.74 Å². The number of aromatic nitrogens is 3. The molecule has 3 aromatic rings. The fourth-order valence-electron chi connectivity index (χ4n) is 3.98. The number of ether oxygens (including phenoxy) is 1. The lowest BCUT2D eigenvalue weighted by Gasteiger charge is -2.26. The average Bonchev–Trinajstić information content (AvgIpc) is 2.68. The molecule has 0 saturated heterocycles. The molecule has 1 unspecified atom stereocenters. The number of nitrogens with zero attached hydrogens (tertiary/aromatic N) is 3. The van der Waals surface area contributed by atoms with Crippen LogP contribution in [0.3, 0.4) is 0 Å². The smallest absolute Gasteiger partial charge is 0.276 e. The summed E-state index contributed by atoms with van der Waals surface area (Å²) in [5, 5.41) is 4.38. The van der Waals surface area contributed by atoms with Gasteiger partial charge in [-0.1, -0.05) is 23.8 Å². The molecule has 5 nitrogen and oxygen atoms in total. The number of pyridine rings is 1. The third kappa shape index (κ3) is 3.25. The normalized spacial score (nSPS) is 16.0. The Morgan fingerprint density at radius 3 is 2.70 bits per heavy atom. The first-order chi connectivity index (χ1) is 13.1. The largest absolute Gasteiger partial charge is 0.495 e. The van der Waals surface area contributed by atoms with Gasteiger partial charge in [-0.15, -0.1) is 0 Å². The van der Waals surface area contributed by atoms with Crippen molar-refractivity contribution >= 4 is 0 Å². The molecule has 5 heteroatoms. The SMILES string of the molecule is COc1ccc(-n2ncc3c(c2=O)CCC(c2ccc(C)cc2C)C3)nc1. The second-order valence-corrected chi connectivity index (χ2v) is 7.22. The zero-order chi connectivity index (χ0) is 19.0. The van der Waals surface area contributed by atoms with Crippen LogP contribution in [0.4, 0.5) is 0 Å². The van der Waals surface area contributed by atoms with E-state index in [1.165, 1.54) is 21.4 Å². The summed E-state index contributed by atoms with van der Waals surface area (Å²) in [6.07, 6.45) is 6.03. The van der Waals surface area contributed by atoms with Crippen molar-refractivity contribution in [3.05, 3.63) is 80.9 Å². The van der Waals surface area contributed by atoms with E-state index in [-0.39, 0.29) is 5.56 Å². The predicted molar refractivity (Wildman–Crippen MR) is 105 cm³/mol. The molecule has 0 aliphatic heterocycles. The summed E-state index contributed by atoms with van der Waals surface area (Å²) < 4.78 is 6.51. The van der Waals surface area contributed by atoms with Crippen LogP contribution in [0.1, 0.15) is 40.2 Å². The van der Waals surface area contributed by atoms with Crippen molar-refractivity contribution in [1.29, 1.82) is 0 Å². The van der Waals surface area contributed by atoms with Crippen LogP contribution in [0, 0.1) is 13.8 Å². The van der Waals surface area contributed by atoms with E-state index in [4.69, 9.17) is 4.74 Å². The van der Waals surface area contributed by atoms with Crippen LogP contribution in [-0.2, 0) is 12.8 Å². The summed E-state index contributed by atoms with van der Waals surface area (Å²) in [5.74, 6) is 1.61. The van der Waals surface area contributed by atoms with Crippen molar-refractivity contribution in [2.45, 2.75) is 39.0 Å². The maximum absolute atomic E-state index is 13.0. The molecule has 2 heterocycles. The van der Waals surface area contributed by atoms with E-state index in [0.717, 1.165) is 30.4 Å². The molecule has 0 bridgehead atoms. The van der Waals surface area contributed by atoms with Gasteiger partial charge in [0.1, 0.15) is 5.75 Å². The van der Waals surface area contributed by atoms with Gasteiger partial charge in [-0.05, 0) is 67.9 Å². The van der Waals surface area contributed by atoms with Crippen LogP contribution in [0.2, 0.25) is 0 Å². The summed E-state index contributed by atoms with van der Waals surface area (Å²) in [5.41, 5.74) is 5.84. The van der Waals surface area contributed by atoms with Crippen LogP contribution < -0.4 is 10.3 Å². The third-order valence-electron chi connectivity index (χ3n) is 5.41. The second-order valence-electron chi connectivity index (χ2n) is 7.22. The number of benzene rings is 1. The standard InChI is InChI=1S/C22H23N3O2/c1-14-4-7-19(15(2)10-14)16-5-8-20-17(11-16)12-24-25(22(20)26)21-9-6-18(27-3)13-23-21/h4,6-7,9-10,12-13,16H,5,8,11H2,1-3H3. The molecular formula is C22H23N3O2. The minimum Gasteiger partial charge on any atom is -0.495 e. The van der Waals surface area contributed by atoms with Crippen LogP contribution in [0.15, 0.2) is 47.5 Å². The van der Waals surface area contributed by atoms with Gasteiger partial charge in [0.05, 0.1) is 19.5 Å². The Bertz CT molecular complexity index is 1040. The molecule has 4 rings (SSSR count). The van der Waals surface area contributed by atoms with E-state index in [1.54, 1.807) is 25.4 Å². The van der Waals surface area contributed by atoms with Crippen molar-refractivity contribution in [2.75, 3.05) is 7.11 Å². The fraction of sp³-hybridized carbons (Fsp3) is 0.318. The summed E-state index contributed by atoms with van der Waals surface area (Å²) in [6, 6.07) is 10.2. The lowest BCUT2D eigenvalue weighted by atomic mass is 9.79. The molecule has 1 aromatic carbocycles. The molecule has 1 atom stereocenters. The molecule has 138 valence electrons. The monoisotopic (exact) mass is 361 g/mol. The molecule has 27 heavy (non-hydrogen) atoms. The van der Waals surface area contributed by atoms with Crippen molar-refractivity contribution < 1.29 is 4.74 Å². The highest BCUT2D eigenvalue weighted by Gasteiger charge is 2.24. The van der Waals surface area contributed by atoms with Crippen LogP contribution in [0.5, 0.6) is 5.75 Å². The Labute approximate surface area is 158 Å². The summed E-state index contributed by atoms with van der Waals surface area (Å²) in [7, 11) is 1.59. The second kappa shape index (κ2) is 6.99. The Kier molecular flexibility index (Phi) is 4.52. The molecular weight excluding hydrogens is 338 g/mol. The zero-order valence-corrected chi connectivity index (χ0v) is 15.9. The molecule has 0 N–H and O–H groups in total. The number of methoxy groups -OCH3 is 1. The quantitative estimate of drug-likeness (QED) is 0.716. The van der Waals surface area contributed by atoms with Gasteiger partial charge in [0.15, 0.2) is 5.82 Å². The van der Waals surface area contributed by atoms with E-state index in [1.807, 2.05) is 6.20 Å². The van der Waals surface area contributed by atoms with E-state index in [2.05, 4.69) is 42.1 Å². The molecule has 2 aromatic heterocycles. The van der Waals surface area contributed by atoms with Crippen LogP contribution >= 0.6 is 0 Å². The van der Waals surface area contributed by atoms with Crippen LogP contribution in [0.25, 0.3) is 5.82 Å². The number of hydrogen-bond donors (Lipinski definition) is 0. The first kappa shape index (κ1) is 17.5. The van der Waals surface area contributed by atoms with E-state index in [9.17, 15) is 4.79 Å². The highest BCUT2D eigenvalue weighted by molar-refractivity contribution is 5.38. The lowest BCUT2D eigenvalue weighted by Crippen LogP contribution is -2.30. The Hall–Kier alpha value is -2.95. The molecule has 0 saturated carbocycles. The van der Waals surface area contributed by atoms with Crippen molar-refractivity contribution in [1.82, 2.24) is 14.8 Å². The summed E-state index contributed by atoms with van der Waals surface area (Å²) >= 11 is 0. The number of hydrogen-bond acceptors (Lipinski definition) is 4. The van der Waals surface area contributed by atoms with Crippen LogP contribution in [-0.4, -0.2) is 21.9 Å². The molecule has 0 fully saturated rings. The van der Waals surface area contributed by atoms with Gasteiger partial charge in [-0.2, -0.15) is 9.78 Å². The third-order valence-corrected chi connectivity index (χ3v) is 5.41. The van der Waals surface area contributed by atoms with Gasteiger partial charge in [-0.3, -0.25) is 4.79 Å². The van der Waals surface area contributed by atoms with Gasteiger partial charge in [-0.25, -0.2) is 4.98 Å². The fourth-order valence-corrected chi connectivity index (χ4v) is 3.98. The van der Waals surface area contributed by atoms with Gasteiger partial charge in [0.2, 0.25) is 0 Å². The average molecular weight is 361 g/mol. The van der Waals surface area contributed by atoms with E-state index >= 15 is 0 Å². The van der Waals surface area contributed by atoms with Gasteiger partial charge in [0.25, 0.3) is 5.56 Å². The highest BCUT2D eigenvalue weighted by Crippen LogP contribution is 2.33. The zero-order valence-electron chi connectivity index (χ0n) is 15.9. The van der Waals surface area contributed by atoms with Crippen molar-refractivity contribution in [3.8, 4) is 11.6 Å². The molecule has 0 spiro atoms. The Morgan fingerprint density at radius 2 is 2.00 bits per heavy atom. The number of rotatable bonds is 3. The summed E-state index contributed by atoms with van der Waals surface area (Å²) in [4.78, 5) is 17.2. The Balaban J connectivity index is 1.66. The first-order valence-electron chi connectivity index (χ1n) is 9.24. The predicted octanol–water partition coefficient (Wildman–Crippen LogP) is 3.53. The maximum atomic E-state index is 13.0. The van der Waals surface area contributed by atoms with Gasteiger partial charge in [0, 0.05) is 5.56 Å². The number of aryl methyl sites for hydroxylation is 2. The molecule has 0 radical (unpaired) electrons. The van der Waals surface area contributed by atoms with Gasteiger partial charge >= 0.3 is 0 Å². The number of fused-ring (bicyclic) bond motifs is 1. The minimum atomic E-state index is -0.0655. The highest BCUT2D eigenvalue weighted by atomic mass is 16.5. The molecule has 1 aliphatic carbocycles. The van der Waals surface area contributed by atoms with E-state index < -0.39 is 0 Å². The summed E-state index contributed by atoms with van der Waals surface area (Å²) in [6.45, 7) is 4.29. The Morgan fingerprint density at radius 1 is 1.15 bits per heavy atom. The molecule has 0 amide bonds. The lowest BCUT2D eigenvalue weighted by molar-refractivity contribution is 0.412. The van der Waals surface area contributed by atoms with E-state index in [0.29, 0.717) is 17.5 Å². The van der Waals surface area contributed by atoms with Crippen molar-refractivity contribution in [2.24, 2.45) is 0 Å². The first-order valence-corrected chi connectivity index (χ1v) is 9.24. The minimum absolute atomic E-state index is 0.0655. The van der Waals surface area contributed by atoms with Crippen molar-refractivity contribution in [3.63, 3.8) is 0 Å².